The third kappa shape index (κ3) is 3.33. The lowest BCUT2D eigenvalue weighted by molar-refractivity contribution is -0.154. The Morgan fingerprint density at radius 2 is 1.92 bits per heavy atom. The van der Waals surface area contributed by atoms with Crippen LogP contribution in [-0.4, -0.2) is 28.9 Å². The summed E-state index contributed by atoms with van der Waals surface area (Å²) in [7, 11) is 0. The van der Waals surface area contributed by atoms with Crippen LogP contribution in [0.5, 0.6) is 5.75 Å². The molecule has 1 heterocycles. The maximum Gasteiger partial charge on any atom is 0.278 e. The Morgan fingerprint density at radius 3 is 2.62 bits per heavy atom. The monoisotopic (exact) mass is 350 g/mol. The summed E-state index contributed by atoms with van der Waals surface area (Å²) < 4.78 is 5.84. The van der Waals surface area contributed by atoms with Crippen LogP contribution in [0.4, 0.5) is 5.69 Å². The molecule has 2 aromatic rings. The lowest BCUT2D eigenvalue weighted by Crippen LogP contribution is -2.59. The molecule has 1 aliphatic heterocycles. The van der Waals surface area contributed by atoms with Crippen LogP contribution in [0.15, 0.2) is 61.2 Å². The molecule has 5 nitrogen and oxygen atoms in total. The van der Waals surface area contributed by atoms with E-state index in [1.165, 1.54) is 6.92 Å². The molecule has 0 saturated heterocycles. The van der Waals surface area contributed by atoms with Gasteiger partial charge in [-0.25, -0.2) is 0 Å². The number of nitrogens with zero attached hydrogens (tertiary/aromatic N) is 1. The van der Waals surface area contributed by atoms with E-state index in [4.69, 9.17) is 4.74 Å². The molecule has 3 rings (SSSR count). The molecule has 1 unspecified atom stereocenters. The summed E-state index contributed by atoms with van der Waals surface area (Å²) in [5, 5.41) is 2.76. The molecule has 0 spiro atoms. The Morgan fingerprint density at radius 1 is 1.23 bits per heavy atom. The van der Waals surface area contributed by atoms with Crippen molar-refractivity contribution in [1.82, 2.24) is 4.90 Å². The van der Waals surface area contributed by atoms with Gasteiger partial charge in [-0.15, -0.1) is 6.58 Å². The summed E-state index contributed by atoms with van der Waals surface area (Å²) in [6.07, 6.45) is 1.64. The maximum atomic E-state index is 13.2. The number of benzene rings is 2. The van der Waals surface area contributed by atoms with Crippen LogP contribution in [0, 0.1) is 6.92 Å². The first-order valence-corrected chi connectivity index (χ1v) is 8.49. The largest absolute Gasteiger partial charge is 0.466 e. The van der Waals surface area contributed by atoms with Crippen molar-refractivity contribution in [3.05, 3.63) is 72.3 Å². The number of ether oxygens (including phenoxy) is 1. The normalized spacial score (nSPS) is 18.3. The Labute approximate surface area is 153 Å². The van der Waals surface area contributed by atoms with Gasteiger partial charge in [0.05, 0.1) is 5.69 Å². The lowest BCUT2D eigenvalue weighted by Gasteiger charge is -2.36. The van der Waals surface area contributed by atoms with E-state index in [9.17, 15) is 9.59 Å². The Hall–Kier alpha value is -3.08. The van der Waals surface area contributed by atoms with Crippen LogP contribution in [0.25, 0.3) is 0 Å². The number of fused-ring (bicyclic) bond motifs is 1. The maximum absolute atomic E-state index is 13.2. The zero-order chi connectivity index (χ0) is 18.7. The van der Waals surface area contributed by atoms with Crippen LogP contribution >= 0.6 is 0 Å². The molecule has 26 heavy (non-hydrogen) atoms. The molecule has 0 radical (unpaired) electrons. The summed E-state index contributed by atoms with van der Waals surface area (Å²) in [5.74, 6) is -0.388. The lowest BCUT2D eigenvalue weighted by atomic mass is 10.00. The third-order valence-electron chi connectivity index (χ3n) is 4.42. The number of para-hydroxylation sites is 2. The van der Waals surface area contributed by atoms with Gasteiger partial charge in [0.25, 0.3) is 17.4 Å². The van der Waals surface area contributed by atoms with Crippen molar-refractivity contribution < 1.29 is 14.3 Å². The van der Waals surface area contributed by atoms with E-state index in [0.717, 1.165) is 11.1 Å². The highest BCUT2D eigenvalue weighted by atomic mass is 16.5. The van der Waals surface area contributed by atoms with Crippen molar-refractivity contribution in [1.29, 1.82) is 0 Å². The molecule has 0 saturated carbocycles. The number of carbonyl (C=O) groups excluding carboxylic acids is 2. The number of aryl methyl sites for hydroxylation is 1. The first-order chi connectivity index (χ1) is 12.4. The highest BCUT2D eigenvalue weighted by Gasteiger charge is 2.49. The minimum Gasteiger partial charge on any atom is -0.466 e. The molecule has 2 amide bonds. The SMILES string of the molecule is C=CCN(Cc1ccc(C)cc1)C(=O)C1(C)Oc2ccccc2NC1=O. The second kappa shape index (κ2) is 7.04. The van der Waals surface area contributed by atoms with E-state index in [-0.39, 0.29) is 0 Å². The van der Waals surface area contributed by atoms with Crippen molar-refractivity contribution in [2.75, 3.05) is 11.9 Å². The Bertz CT molecular complexity index is 845. The summed E-state index contributed by atoms with van der Waals surface area (Å²) in [5.41, 5.74) is 1.07. The second-order valence-electron chi connectivity index (χ2n) is 6.55. The minimum atomic E-state index is -1.62. The van der Waals surface area contributed by atoms with Gasteiger partial charge >= 0.3 is 0 Å². The molecule has 1 aliphatic rings. The predicted molar refractivity (Wildman–Crippen MR) is 101 cm³/mol. The first-order valence-electron chi connectivity index (χ1n) is 8.49. The summed E-state index contributed by atoms with van der Waals surface area (Å²) in [6, 6.07) is 15.0. The number of anilines is 1. The van der Waals surface area contributed by atoms with Crippen molar-refractivity contribution >= 4 is 17.5 Å². The van der Waals surface area contributed by atoms with E-state index in [1.54, 1.807) is 35.2 Å². The van der Waals surface area contributed by atoms with Crippen molar-refractivity contribution in [3.63, 3.8) is 0 Å². The fourth-order valence-electron chi connectivity index (χ4n) is 2.90. The number of rotatable bonds is 5. The molecule has 2 aromatic carbocycles. The first kappa shape index (κ1) is 17.7. The van der Waals surface area contributed by atoms with E-state index in [0.29, 0.717) is 24.5 Å². The number of carbonyl (C=O) groups is 2. The van der Waals surface area contributed by atoms with Gasteiger partial charge in [0.2, 0.25) is 0 Å². The standard InChI is InChI=1S/C21H22N2O3/c1-4-13-23(14-16-11-9-15(2)10-12-16)20(25)21(3)19(24)22-17-7-5-6-8-18(17)26-21/h4-12H,1,13-14H2,2-3H3,(H,22,24). The predicted octanol–water partition coefficient (Wildman–Crippen LogP) is 3.30. The second-order valence-corrected chi connectivity index (χ2v) is 6.55. The third-order valence-corrected chi connectivity index (χ3v) is 4.42. The number of nitrogens with one attached hydrogen (secondary N) is 1. The van der Waals surface area contributed by atoms with Crippen LogP contribution in [0.1, 0.15) is 18.1 Å². The van der Waals surface area contributed by atoms with E-state index < -0.39 is 17.4 Å². The number of hydrogen-bond acceptors (Lipinski definition) is 3. The molecular weight excluding hydrogens is 328 g/mol. The average molecular weight is 350 g/mol. The topological polar surface area (TPSA) is 58.6 Å². The summed E-state index contributed by atoms with van der Waals surface area (Å²) in [6.45, 7) is 7.94. The fourth-order valence-corrected chi connectivity index (χ4v) is 2.90. The molecule has 0 aromatic heterocycles. The van der Waals surface area contributed by atoms with Crippen LogP contribution in [-0.2, 0) is 16.1 Å². The quantitative estimate of drug-likeness (QED) is 0.665. The average Bonchev–Trinajstić information content (AvgIpc) is 2.63. The van der Waals surface area contributed by atoms with Gasteiger partial charge in [0, 0.05) is 13.1 Å². The van der Waals surface area contributed by atoms with Crippen molar-refractivity contribution in [3.8, 4) is 5.75 Å². The molecule has 1 N–H and O–H groups in total. The molecule has 5 heteroatoms. The van der Waals surface area contributed by atoms with E-state index >= 15 is 0 Å². The molecule has 0 bridgehead atoms. The number of amides is 2. The van der Waals surface area contributed by atoms with Gasteiger partial charge in [0.15, 0.2) is 0 Å². The smallest absolute Gasteiger partial charge is 0.278 e. The Kier molecular flexibility index (Phi) is 4.80. The van der Waals surface area contributed by atoms with Crippen LogP contribution in [0.2, 0.25) is 0 Å². The van der Waals surface area contributed by atoms with Gasteiger partial charge < -0.3 is 15.0 Å². The van der Waals surface area contributed by atoms with Crippen molar-refractivity contribution in [2.24, 2.45) is 0 Å². The van der Waals surface area contributed by atoms with E-state index in [2.05, 4.69) is 11.9 Å². The van der Waals surface area contributed by atoms with Crippen LogP contribution in [0.3, 0.4) is 0 Å². The van der Waals surface area contributed by atoms with Gasteiger partial charge in [-0.1, -0.05) is 48.0 Å². The highest BCUT2D eigenvalue weighted by molar-refractivity contribution is 6.15. The van der Waals surface area contributed by atoms with Crippen molar-refractivity contribution in [2.45, 2.75) is 26.0 Å². The van der Waals surface area contributed by atoms with Gasteiger partial charge in [-0.2, -0.15) is 0 Å². The molecular formula is C21H22N2O3. The summed E-state index contributed by atoms with van der Waals surface area (Å²) in [4.78, 5) is 27.4. The minimum absolute atomic E-state index is 0.320. The summed E-state index contributed by atoms with van der Waals surface area (Å²) >= 11 is 0. The molecule has 1 atom stereocenters. The molecule has 134 valence electrons. The fraction of sp³-hybridized carbons (Fsp3) is 0.238. The van der Waals surface area contributed by atoms with Crippen LogP contribution < -0.4 is 10.1 Å². The molecule has 0 aliphatic carbocycles. The zero-order valence-electron chi connectivity index (χ0n) is 15.0. The van der Waals surface area contributed by atoms with E-state index in [1.807, 2.05) is 31.2 Å². The highest BCUT2D eigenvalue weighted by Crippen LogP contribution is 2.34. The zero-order valence-corrected chi connectivity index (χ0v) is 15.0. The van der Waals surface area contributed by atoms with Gasteiger partial charge in [-0.05, 0) is 31.5 Å². The number of hydrogen-bond donors (Lipinski definition) is 1. The Balaban J connectivity index is 1.87. The van der Waals surface area contributed by atoms with Gasteiger partial charge in [0.1, 0.15) is 5.75 Å². The molecule has 0 fully saturated rings. The van der Waals surface area contributed by atoms with Gasteiger partial charge in [-0.3, -0.25) is 9.59 Å².